The second-order valence-corrected chi connectivity index (χ2v) is 7.57. The molecule has 1 N–H and O–H groups in total. The number of hydrogen-bond donors (Lipinski definition) is 1. The van der Waals surface area contributed by atoms with Crippen molar-refractivity contribution in [2.75, 3.05) is 24.5 Å². The molecular formula is C20H22N4OS. The third-order valence-electron chi connectivity index (χ3n) is 4.85. The quantitative estimate of drug-likeness (QED) is 0.753. The number of hydrogen-bond acceptors (Lipinski definition) is 5. The van der Waals surface area contributed by atoms with Crippen molar-refractivity contribution < 1.29 is 4.79 Å². The van der Waals surface area contributed by atoms with E-state index in [9.17, 15) is 4.79 Å². The van der Waals surface area contributed by atoms with Crippen LogP contribution in [0, 0.1) is 5.92 Å². The highest BCUT2D eigenvalue weighted by Crippen LogP contribution is 2.30. The molecule has 1 aliphatic rings. The Morgan fingerprint density at radius 3 is 2.73 bits per heavy atom. The minimum absolute atomic E-state index is 0.106. The van der Waals surface area contributed by atoms with Crippen LogP contribution in [-0.2, 0) is 11.2 Å². The van der Waals surface area contributed by atoms with Gasteiger partial charge in [0.1, 0.15) is 10.3 Å². The van der Waals surface area contributed by atoms with Crippen LogP contribution >= 0.6 is 11.3 Å². The van der Waals surface area contributed by atoms with E-state index in [0.717, 1.165) is 47.8 Å². The summed E-state index contributed by atoms with van der Waals surface area (Å²) < 4.78 is 0. The molecule has 1 aliphatic heterocycles. The normalized spacial score (nSPS) is 15.3. The highest BCUT2D eigenvalue weighted by atomic mass is 32.1. The molecular weight excluding hydrogens is 344 g/mol. The molecule has 3 heterocycles. The smallest absolute Gasteiger partial charge is 0.223 e. The molecule has 0 bridgehead atoms. The summed E-state index contributed by atoms with van der Waals surface area (Å²) in [5.74, 6) is 0.293. The summed E-state index contributed by atoms with van der Waals surface area (Å²) in [7, 11) is 0. The van der Waals surface area contributed by atoms with Gasteiger partial charge in [-0.1, -0.05) is 41.7 Å². The number of aromatic nitrogens is 2. The molecule has 6 heteroatoms. The van der Waals surface area contributed by atoms with Gasteiger partial charge in [0.25, 0.3) is 0 Å². The van der Waals surface area contributed by atoms with Crippen LogP contribution in [0.3, 0.4) is 0 Å². The van der Waals surface area contributed by atoms with Gasteiger partial charge < -0.3 is 10.2 Å². The van der Waals surface area contributed by atoms with Gasteiger partial charge >= 0.3 is 0 Å². The fraction of sp³-hybridized carbons (Fsp3) is 0.350. The Labute approximate surface area is 157 Å². The molecule has 5 nitrogen and oxygen atoms in total. The van der Waals surface area contributed by atoms with Crippen molar-refractivity contribution in [1.82, 2.24) is 15.3 Å². The number of benzene rings is 1. The summed E-state index contributed by atoms with van der Waals surface area (Å²) in [6.45, 7) is 2.44. The Bertz CT molecular complexity index is 839. The third kappa shape index (κ3) is 3.85. The summed E-state index contributed by atoms with van der Waals surface area (Å²) in [5.41, 5.74) is 2.21. The molecule has 4 rings (SSSR count). The number of pyridine rings is 1. The Morgan fingerprint density at radius 2 is 1.96 bits per heavy atom. The van der Waals surface area contributed by atoms with Crippen LogP contribution in [0.4, 0.5) is 5.13 Å². The van der Waals surface area contributed by atoms with Crippen molar-refractivity contribution in [2.45, 2.75) is 19.3 Å². The zero-order chi connectivity index (χ0) is 17.8. The van der Waals surface area contributed by atoms with Crippen LogP contribution in [0.1, 0.15) is 18.4 Å². The number of nitrogens with one attached hydrogen (secondary N) is 1. The molecule has 26 heavy (non-hydrogen) atoms. The average molecular weight is 366 g/mol. The molecule has 134 valence electrons. The minimum atomic E-state index is 0.106. The maximum atomic E-state index is 12.4. The van der Waals surface area contributed by atoms with Crippen LogP contribution in [0.25, 0.3) is 10.3 Å². The molecule has 3 aromatic rings. The topological polar surface area (TPSA) is 58.1 Å². The molecule has 1 amide bonds. The Hall–Kier alpha value is -2.47. The number of amides is 1. The second-order valence-electron chi connectivity index (χ2n) is 6.61. The lowest BCUT2D eigenvalue weighted by atomic mass is 9.96. The third-order valence-corrected chi connectivity index (χ3v) is 5.89. The molecule has 0 radical (unpaired) electrons. The Morgan fingerprint density at radius 1 is 1.15 bits per heavy atom. The molecule has 1 fully saturated rings. The number of fused-ring (bicyclic) bond motifs is 1. The summed E-state index contributed by atoms with van der Waals surface area (Å²) in [5, 5.41) is 4.11. The van der Waals surface area contributed by atoms with Gasteiger partial charge in [0.15, 0.2) is 5.13 Å². The SMILES string of the molecule is O=C(NCCc1ccccc1)C1CCN(c2nc3cccnc3s2)CC1. The molecule has 0 unspecified atom stereocenters. The van der Waals surface area contributed by atoms with E-state index >= 15 is 0 Å². The number of thiazole rings is 1. The Kier molecular flexibility index (Phi) is 5.11. The first-order chi connectivity index (χ1) is 12.8. The molecule has 1 saturated heterocycles. The van der Waals surface area contributed by atoms with Crippen LogP contribution in [0.15, 0.2) is 48.7 Å². The fourth-order valence-electron chi connectivity index (χ4n) is 3.35. The minimum Gasteiger partial charge on any atom is -0.356 e. The Balaban J connectivity index is 1.27. The van der Waals surface area contributed by atoms with Gasteiger partial charge in [0, 0.05) is 31.7 Å². The number of carbonyl (C=O) groups is 1. The van der Waals surface area contributed by atoms with Gasteiger partial charge in [0.2, 0.25) is 5.91 Å². The highest BCUT2D eigenvalue weighted by molar-refractivity contribution is 7.21. The first kappa shape index (κ1) is 17.0. The highest BCUT2D eigenvalue weighted by Gasteiger charge is 2.26. The number of carbonyl (C=O) groups excluding carboxylic acids is 1. The van der Waals surface area contributed by atoms with E-state index in [4.69, 9.17) is 0 Å². The van der Waals surface area contributed by atoms with Gasteiger partial charge in [-0.3, -0.25) is 4.79 Å². The van der Waals surface area contributed by atoms with Crippen molar-refractivity contribution in [3.63, 3.8) is 0 Å². The summed E-state index contributed by atoms with van der Waals surface area (Å²) in [4.78, 5) is 24.7. The van der Waals surface area contributed by atoms with E-state index in [1.165, 1.54) is 5.56 Å². The van der Waals surface area contributed by atoms with Gasteiger partial charge in [0.05, 0.1) is 0 Å². The molecule has 0 atom stereocenters. The van der Waals surface area contributed by atoms with E-state index in [1.807, 2.05) is 30.3 Å². The second kappa shape index (κ2) is 7.83. The van der Waals surface area contributed by atoms with Crippen molar-refractivity contribution >= 4 is 32.7 Å². The van der Waals surface area contributed by atoms with Crippen molar-refractivity contribution in [2.24, 2.45) is 5.92 Å². The zero-order valence-electron chi connectivity index (χ0n) is 14.6. The first-order valence-electron chi connectivity index (χ1n) is 9.08. The summed E-state index contributed by atoms with van der Waals surface area (Å²) in [6, 6.07) is 14.2. The van der Waals surface area contributed by atoms with E-state index in [-0.39, 0.29) is 11.8 Å². The standard InChI is InChI=1S/C20H22N4OS/c25-18(21-12-8-15-5-2-1-3-6-15)16-9-13-24(14-10-16)20-23-17-7-4-11-22-19(17)26-20/h1-7,11,16H,8-10,12-14H2,(H,21,25). The van der Waals surface area contributed by atoms with Crippen molar-refractivity contribution in [1.29, 1.82) is 0 Å². The van der Waals surface area contributed by atoms with Gasteiger partial charge in [-0.15, -0.1) is 0 Å². The monoisotopic (exact) mass is 366 g/mol. The zero-order valence-corrected chi connectivity index (χ0v) is 15.4. The predicted octanol–water partition coefficient (Wildman–Crippen LogP) is 3.27. The summed E-state index contributed by atoms with van der Waals surface area (Å²) >= 11 is 1.63. The summed E-state index contributed by atoms with van der Waals surface area (Å²) in [6.07, 6.45) is 4.43. The lowest BCUT2D eigenvalue weighted by molar-refractivity contribution is -0.125. The maximum absolute atomic E-state index is 12.4. The van der Waals surface area contributed by atoms with Crippen LogP contribution in [-0.4, -0.2) is 35.5 Å². The van der Waals surface area contributed by atoms with E-state index < -0.39 is 0 Å². The molecule has 0 spiro atoms. The maximum Gasteiger partial charge on any atom is 0.223 e. The largest absolute Gasteiger partial charge is 0.356 e. The lowest BCUT2D eigenvalue weighted by Gasteiger charge is -2.31. The number of nitrogens with zero attached hydrogens (tertiary/aromatic N) is 3. The predicted molar refractivity (Wildman–Crippen MR) is 106 cm³/mol. The molecule has 0 saturated carbocycles. The van der Waals surface area contributed by atoms with Gasteiger partial charge in [-0.25, -0.2) is 9.97 Å². The van der Waals surface area contributed by atoms with Gasteiger partial charge in [-0.2, -0.15) is 0 Å². The lowest BCUT2D eigenvalue weighted by Crippen LogP contribution is -2.41. The van der Waals surface area contributed by atoms with Crippen molar-refractivity contribution in [3.8, 4) is 0 Å². The average Bonchev–Trinajstić information content (AvgIpc) is 3.13. The van der Waals surface area contributed by atoms with Crippen LogP contribution in [0.5, 0.6) is 0 Å². The fourth-order valence-corrected chi connectivity index (χ4v) is 4.31. The number of rotatable bonds is 5. The van der Waals surface area contributed by atoms with Crippen LogP contribution < -0.4 is 10.2 Å². The van der Waals surface area contributed by atoms with Crippen LogP contribution in [0.2, 0.25) is 0 Å². The molecule has 2 aromatic heterocycles. The van der Waals surface area contributed by atoms with E-state index in [2.05, 4.69) is 32.3 Å². The van der Waals surface area contributed by atoms with Gasteiger partial charge in [-0.05, 0) is 37.0 Å². The molecule has 1 aromatic carbocycles. The number of anilines is 1. The number of piperidine rings is 1. The molecule has 0 aliphatic carbocycles. The van der Waals surface area contributed by atoms with E-state index in [1.54, 1.807) is 17.5 Å². The van der Waals surface area contributed by atoms with Crippen molar-refractivity contribution in [3.05, 3.63) is 54.2 Å². The van der Waals surface area contributed by atoms with E-state index in [0.29, 0.717) is 6.54 Å². The first-order valence-corrected chi connectivity index (χ1v) is 9.89.